The molecular weight excluding hydrogens is 396 g/mol. The third kappa shape index (κ3) is 3.97. The van der Waals surface area contributed by atoms with Crippen molar-refractivity contribution in [3.8, 4) is 28.4 Å². The van der Waals surface area contributed by atoms with E-state index in [0.29, 0.717) is 39.3 Å². The maximum Gasteiger partial charge on any atom is 0.302 e. The quantitative estimate of drug-likeness (QED) is 0.512. The van der Waals surface area contributed by atoms with Crippen LogP contribution in [0.1, 0.15) is 16.4 Å². The SMILES string of the molecule is COc1ccnc(-c2coc(NC(=O)c3oc(C)nc3-c3ccc(Cl)cc3)n2)c1. The predicted octanol–water partition coefficient (Wildman–Crippen LogP) is 4.61. The molecule has 1 N–H and O–H groups in total. The molecule has 0 aliphatic heterocycles. The second-order valence-electron chi connectivity index (χ2n) is 5.99. The van der Waals surface area contributed by atoms with Gasteiger partial charge in [-0.2, -0.15) is 4.98 Å². The maximum absolute atomic E-state index is 12.7. The maximum atomic E-state index is 12.7. The first kappa shape index (κ1) is 18.7. The smallest absolute Gasteiger partial charge is 0.302 e. The summed E-state index contributed by atoms with van der Waals surface area (Å²) in [6.07, 6.45) is 2.99. The van der Waals surface area contributed by atoms with E-state index in [1.807, 2.05) is 0 Å². The molecule has 3 aromatic heterocycles. The number of carbonyl (C=O) groups is 1. The number of pyridine rings is 1. The number of halogens is 1. The van der Waals surface area contributed by atoms with Gasteiger partial charge in [0, 0.05) is 29.8 Å². The lowest BCUT2D eigenvalue weighted by Gasteiger charge is -2.01. The molecule has 0 atom stereocenters. The Hall–Kier alpha value is -3.65. The van der Waals surface area contributed by atoms with Crippen LogP contribution in [-0.4, -0.2) is 28.0 Å². The molecule has 0 aliphatic rings. The highest BCUT2D eigenvalue weighted by molar-refractivity contribution is 6.30. The zero-order chi connectivity index (χ0) is 20.4. The van der Waals surface area contributed by atoms with Crippen molar-refractivity contribution >= 4 is 23.5 Å². The molecule has 4 aromatic rings. The fourth-order valence-corrected chi connectivity index (χ4v) is 2.79. The molecule has 1 aromatic carbocycles. The highest BCUT2D eigenvalue weighted by Gasteiger charge is 2.22. The molecule has 8 nitrogen and oxygen atoms in total. The Morgan fingerprint density at radius 2 is 1.93 bits per heavy atom. The van der Waals surface area contributed by atoms with E-state index in [2.05, 4.69) is 20.3 Å². The van der Waals surface area contributed by atoms with Crippen LogP contribution in [0.3, 0.4) is 0 Å². The third-order valence-corrected chi connectivity index (χ3v) is 4.26. The van der Waals surface area contributed by atoms with E-state index < -0.39 is 5.91 Å². The van der Waals surface area contributed by atoms with Gasteiger partial charge in [0.15, 0.2) is 5.89 Å². The van der Waals surface area contributed by atoms with Crippen molar-refractivity contribution in [1.82, 2.24) is 15.0 Å². The Morgan fingerprint density at radius 3 is 2.69 bits per heavy atom. The summed E-state index contributed by atoms with van der Waals surface area (Å²) in [4.78, 5) is 25.5. The molecule has 0 bridgehead atoms. The second-order valence-corrected chi connectivity index (χ2v) is 6.43. The average Bonchev–Trinajstić information content (AvgIpc) is 3.35. The van der Waals surface area contributed by atoms with Crippen molar-refractivity contribution in [2.45, 2.75) is 6.92 Å². The molecule has 146 valence electrons. The third-order valence-electron chi connectivity index (χ3n) is 4.01. The minimum atomic E-state index is -0.539. The number of nitrogens with one attached hydrogen (secondary N) is 1. The lowest BCUT2D eigenvalue weighted by atomic mass is 10.1. The van der Waals surface area contributed by atoms with Crippen LogP contribution in [0.4, 0.5) is 6.01 Å². The summed E-state index contributed by atoms with van der Waals surface area (Å²) in [5.41, 5.74) is 2.10. The van der Waals surface area contributed by atoms with Crippen molar-refractivity contribution in [2.24, 2.45) is 0 Å². The molecule has 0 aliphatic carbocycles. The number of benzene rings is 1. The van der Waals surface area contributed by atoms with Crippen LogP contribution in [-0.2, 0) is 0 Å². The van der Waals surface area contributed by atoms with Crippen LogP contribution < -0.4 is 10.1 Å². The van der Waals surface area contributed by atoms with Gasteiger partial charge in [-0.05, 0) is 18.2 Å². The number of hydrogen-bond acceptors (Lipinski definition) is 7. The first-order valence-corrected chi connectivity index (χ1v) is 8.92. The van der Waals surface area contributed by atoms with E-state index in [-0.39, 0.29) is 11.8 Å². The predicted molar refractivity (Wildman–Crippen MR) is 106 cm³/mol. The van der Waals surface area contributed by atoms with Crippen LogP contribution in [0.5, 0.6) is 5.75 Å². The van der Waals surface area contributed by atoms with Gasteiger partial charge in [-0.25, -0.2) is 4.98 Å². The molecule has 0 saturated carbocycles. The summed E-state index contributed by atoms with van der Waals surface area (Å²) in [6, 6.07) is 10.4. The number of aromatic nitrogens is 3. The lowest BCUT2D eigenvalue weighted by Crippen LogP contribution is -2.12. The largest absolute Gasteiger partial charge is 0.497 e. The van der Waals surface area contributed by atoms with E-state index in [1.165, 1.54) is 6.26 Å². The number of carbonyl (C=O) groups excluding carboxylic acids is 1. The number of amides is 1. The number of methoxy groups -OCH3 is 1. The van der Waals surface area contributed by atoms with Crippen molar-refractivity contribution in [2.75, 3.05) is 12.4 Å². The molecule has 1 amide bonds. The number of aryl methyl sites for hydroxylation is 1. The van der Waals surface area contributed by atoms with Crippen LogP contribution in [0, 0.1) is 6.92 Å². The fraction of sp³-hybridized carbons (Fsp3) is 0.100. The summed E-state index contributed by atoms with van der Waals surface area (Å²) in [5, 5.41) is 3.16. The minimum Gasteiger partial charge on any atom is -0.497 e. The van der Waals surface area contributed by atoms with Crippen LogP contribution >= 0.6 is 11.6 Å². The standard InChI is InChI=1S/C20H15ClN4O4/c1-11-23-17(12-3-5-13(21)6-4-12)18(29-11)19(26)25-20-24-16(10-28-20)15-9-14(27-2)7-8-22-15/h3-10H,1-2H3,(H,24,25,26). The molecular formula is C20H15ClN4O4. The molecule has 0 radical (unpaired) electrons. The van der Waals surface area contributed by atoms with Crippen molar-refractivity contribution in [3.05, 3.63) is 65.5 Å². The molecule has 4 rings (SSSR count). The van der Waals surface area contributed by atoms with Crippen molar-refractivity contribution in [3.63, 3.8) is 0 Å². The van der Waals surface area contributed by atoms with Gasteiger partial charge in [-0.3, -0.25) is 15.1 Å². The van der Waals surface area contributed by atoms with E-state index in [1.54, 1.807) is 56.6 Å². The van der Waals surface area contributed by atoms with E-state index >= 15 is 0 Å². The monoisotopic (exact) mass is 410 g/mol. The average molecular weight is 411 g/mol. The number of ether oxygens (including phenoxy) is 1. The lowest BCUT2D eigenvalue weighted by molar-refractivity contribution is 0.0993. The van der Waals surface area contributed by atoms with Gasteiger partial charge in [-0.15, -0.1) is 0 Å². The number of hydrogen-bond donors (Lipinski definition) is 1. The van der Waals surface area contributed by atoms with Crippen LogP contribution in [0.2, 0.25) is 5.02 Å². The van der Waals surface area contributed by atoms with Crippen LogP contribution in [0.15, 0.2) is 57.7 Å². The molecule has 3 heterocycles. The zero-order valence-electron chi connectivity index (χ0n) is 15.5. The normalized spacial score (nSPS) is 10.7. The van der Waals surface area contributed by atoms with E-state index in [4.69, 9.17) is 25.2 Å². The Bertz CT molecular complexity index is 1170. The summed E-state index contributed by atoms with van der Waals surface area (Å²) in [6.45, 7) is 1.66. The highest BCUT2D eigenvalue weighted by Crippen LogP contribution is 2.27. The van der Waals surface area contributed by atoms with Gasteiger partial charge < -0.3 is 13.6 Å². The molecule has 0 unspecified atom stereocenters. The molecule has 29 heavy (non-hydrogen) atoms. The van der Waals surface area contributed by atoms with Crippen molar-refractivity contribution in [1.29, 1.82) is 0 Å². The van der Waals surface area contributed by atoms with Crippen molar-refractivity contribution < 1.29 is 18.4 Å². The van der Waals surface area contributed by atoms with Gasteiger partial charge in [0.2, 0.25) is 5.76 Å². The van der Waals surface area contributed by atoms with Gasteiger partial charge >= 0.3 is 6.01 Å². The molecule has 0 fully saturated rings. The number of oxazole rings is 2. The van der Waals surface area contributed by atoms with E-state index in [9.17, 15) is 4.79 Å². The van der Waals surface area contributed by atoms with E-state index in [0.717, 1.165) is 0 Å². The summed E-state index contributed by atoms with van der Waals surface area (Å²) in [5.74, 6) is 0.494. The summed E-state index contributed by atoms with van der Waals surface area (Å²) < 4.78 is 16.0. The first-order valence-electron chi connectivity index (χ1n) is 8.54. The Kier molecular flexibility index (Phi) is 5.01. The number of rotatable bonds is 5. The van der Waals surface area contributed by atoms with Gasteiger partial charge in [0.1, 0.15) is 23.4 Å². The summed E-state index contributed by atoms with van der Waals surface area (Å²) in [7, 11) is 1.56. The molecule has 9 heteroatoms. The Balaban J connectivity index is 1.58. The van der Waals surface area contributed by atoms with Crippen LogP contribution in [0.25, 0.3) is 22.6 Å². The molecule has 0 saturated heterocycles. The van der Waals surface area contributed by atoms with Gasteiger partial charge in [0.05, 0.1) is 12.8 Å². The Labute approximate surface area is 170 Å². The first-order chi connectivity index (χ1) is 14.0. The Morgan fingerprint density at radius 1 is 1.14 bits per heavy atom. The van der Waals surface area contributed by atoms with Gasteiger partial charge in [-0.1, -0.05) is 23.7 Å². The number of nitrogens with zero attached hydrogens (tertiary/aromatic N) is 3. The summed E-state index contributed by atoms with van der Waals surface area (Å²) >= 11 is 5.93. The topological polar surface area (TPSA) is 103 Å². The minimum absolute atomic E-state index is 0.00530. The van der Waals surface area contributed by atoms with Gasteiger partial charge in [0.25, 0.3) is 5.91 Å². The zero-order valence-corrected chi connectivity index (χ0v) is 16.2. The number of anilines is 1. The second kappa shape index (κ2) is 7.76. The molecule has 0 spiro atoms. The highest BCUT2D eigenvalue weighted by atomic mass is 35.5. The fourth-order valence-electron chi connectivity index (χ4n) is 2.67.